The highest BCUT2D eigenvalue weighted by atomic mass is 16.5. The zero-order chi connectivity index (χ0) is 22.8. The van der Waals surface area contributed by atoms with Gasteiger partial charge in [-0.25, -0.2) is 0 Å². The van der Waals surface area contributed by atoms with Crippen molar-refractivity contribution < 1.29 is 19.1 Å². The van der Waals surface area contributed by atoms with Crippen LogP contribution < -0.4 is 15.4 Å². The van der Waals surface area contributed by atoms with Crippen LogP contribution in [-0.4, -0.2) is 56.2 Å². The van der Waals surface area contributed by atoms with Crippen molar-refractivity contribution in [2.75, 3.05) is 38.7 Å². The molecule has 1 aliphatic rings. The minimum Gasteiger partial charge on any atom is -0.492 e. The fraction of sp³-hybridized carbons (Fsp3) is 0.440. The first-order valence-electron chi connectivity index (χ1n) is 11.2. The van der Waals surface area contributed by atoms with Crippen molar-refractivity contribution in [2.24, 2.45) is 0 Å². The SMILES string of the molecule is CCC(=O)Nc1cccc(C(=O)NCc2cccc(OCCN(C)C3CCOCC3)c2)c1. The lowest BCUT2D eigenvalue weighted by Gasteiger charge is -2.31. The highest BCUT2D eigenvalue weighted by Crippen LogP contribution is 2.16. The minimum absolute atomic E-state index is 0.0849. The number of nitrogens with zero attached hydrogens (tertiary/aromatic N) is 1. The van der Waals surface area contributed by atoms with E-state index in [1.165, 1.54) is 0 Å². The molecule has 0 aromatic heterocycles. The molecule has 0 unspecified atom stereocenters. The maximum atomic E-state index is 12.5. The molecule has 0 radical (unpaired) electrons. The van der Waals surface area contributed by atoms with Crippen molar-refractivity contribution in [2.45, 2.75) is 38.8 Å². The standard InChI is InChI=1S/C25H33N3O4/c1-3-24(29)27-21-8-5-7-20(17-21)25(30)26-18-19-6-4-9-23(16-19)32-15-12-28(2)22-10-13-31-14-11-22/h4-9,16-17,22H,3,10-15,18H2,1-2H3,(H,26,30)(H,27,29). The van der Waals surface area contributed by atoms with Crippen molar-refractivity contribution in [3.63, 3.8) is 0 Å². The smallest absolute Gasteiger partial charge is 0.251 e. The maximum absolute atomic E-state index is 12.5. The van der Waals surface area contributed by atoms with E-state index in [9.17, 15) is 9.59 Å². The molecule has 172 valence electrons. The van der Waals surface area contributed by atoms with Crippen molar-refractivity contribution in [3.05, 3.63) is 59.7 Å². The molecular formula is C25H33N3O4. The van der Waals surface area contributed by atoms with Crippen LogP contribution in [0.4, 0.5) is 5.69 Å². The van der Waals surface area contributed by atoms with E-state index in [1.807, 2.05) is 24.3 Å². The van der Waals surface area contributed by atoms with Gasteiger partial charge in [0.1, 0.15) is 12.4 Å². The second-order valence-electron chi connectivity index (χ2n) is 7.99. The topological polar surface area (TPSA) is 79.9 Å². The van der Waals surface area contributed by atoms with Crippen LogP contribution in [0.25, 0.3) is 0 Å². The van der Waals surface area contributed by atoms with Gasteiger partial charge in [0.05, 0.1) is 0 Å². The van der Waals surface area contributed by atoms with Gasteiger partial charge in [-0.2, -0.15) is 0 Å². The largest absolute Gasteiger partial charge is 0.492 e. The molecule has 7 heteroatoms. The highest BCUT2D eigenvalue weighted by Gasteiger charge is 2.18. The fourth-order valence-electron chi connectivity index (χ4n) is 3.63. The Bertz CT molecular complexity index is 896. The number of amides is 2. The molecule has 0 spiro atoms. The number of likely N-dealkylation sites (N-methyl/N-ethyl adjacent to an activating group) is 1. The summed E-state index contributed by atoms with van der Waals surface area (Å²) in [6, 6.07) is 15.3. The van der Waals surface area contributed by atoms with E-state index in [2.05, 4.69) is 22.6 Å². The van der Waals surface area contributed by atoms with Gasteiger partial charge in [-0.3, -0.25) is 14.5 Å². The van der Waals surface area contributed by atoms with Crippen molar-refractivity contribution in [3.8, 4) is 5.75 Å². The van der Waals surface area contributed by atoms with Crippen LogP contribution in [-0.2, 0) is 16.1 Å². The Morgan fingerprint density at radius 1 is 1.12 bits per heavy atom. The number of hydrogen-bond donors (Lipinski definition) is 2. The maximum Gasteiger partial charge on any atom is 0.251 e. The van der Waals surface area contributed by atoms with Crippen LogP contribution in [0.1, 0.15) is 42.1 Å². The van der Waals surface area contributed by atoms with Gasteiger partial charge in [-0.05, 0) is 55.8 Å². The summed E-state index contributed by atoms with van der Waals surface area (Å²) in [7, 11) is 2.13. The van der Waals surface area contributed by atoms with Gasteiger partial charge in [0.2, 0.25) is 5.91 Å². The number of rotatable bonds is 10. The van der Waals surface area contributed by atoms with Crippen LogP contribution >= 0.6 is 0 Å². The predicted octanol–water partition coefficient (Wildman–Crippen LogP) is 3.45. The van der Waals surface area contributed by atoms with E-state index in [4.69, 9.17) is 9.47 Å². The van der Waals surface area contributed by atoms with Crippen molar-refractivity contribution in [1.82, 2.24) is 10.2 Å². The molecule has 1 fully saturated rings. The van der Waals surface area contributed by atoms with E-state index in [-0.39, 0.29) is 11.8 Å². The van der Waals surface area contributed by atoms with E-state index in [0.29, 0.717) is 36.9 Å². The van der Waals surface area contributed by atoms with E-state index >= 15 is 0 Å². The van der Waals surface area contributed by atoms with E-state index in [1.54, 1.807) is 31.2 Å². The van der Waals surface area contributed by atoms with E-state index in [0.717, 1.165) is 43.9 Å². The highest BCUT2D eigenvalue weighted by molar-refractivity contribution is 5.97. The van der Waals surface area contributed by atoms with Gasteiger partial charge < -0.3 is 20.1 Å². The van der Waals surface area contributed by atoms with Crippen molar-refractivity contribution in [1.29, 1.82) is 0 Å². The fourth-order valence-corrected chi connectivity index (χ4v) is 3.63. The Morgan fingerprint density at radius 3 is 2.69 bits per heavy atom. The lowest BCUT2D eigenvalue weighted by molar-refractivity contribution is -0.115. The molecule has 2 N–H and O–H groups in total. The molecule has 3 rings (SSSR count). The number of ether oxygens (including phenoxy) is 2. The first-order chi connectivity index (χ1) is 15.5. The molecule has 1 saturated heterocycles. The summed E-state index contributed by atoms with van der Waals surface area (Å²) in [5.41, 5.74) is 2.08. The molecule has 0 atom stereocenters. The summed E-state index contributed by atoms with van der Waals surface area (Å²) in [6.45, 7) is 5.32. The molecule has 0 bridgehead atoms. The second kappa shape index (κ2) is 12.2. The first-order valence-corrected chi connectivity index (χ1v) is 11.2. The predicted molar refractivity (Wildman–Crippen MR) is 125 cm³/mol. The summed E-state index contributed by atoms with van der Waals surface area (Å²) in [5, 5.41) is 5.70. The van der Waals surface area contributed by atoms with Gasteiger partial charge in [0.25, 0.3) is 5.91 Å². The van der Waals surface area contributed by atoms with Gasteiger partial charge >= 0.3 is 0 Å². The lowest BCUT2D eigenvalue weighted by atomic mass is 10.1. The lowest BCUT2D eigenvalue weighted by Crippen LogP contribution is -2.38. The van der Waals surface area contributed by atoms with Gasteiger partial charge in [-0.15, -0.1) is 0 Å². The van der Waals surface area contributed by atoms with Crippen molar-refractivity contribution >= 4 is 17.5 Å². The Morgan fingerprint density at radius 2 is 1.91 bits per heavy atom. The number of carbonyl (C=O) groups is 2. The van der Waals surface area contributed by atoms with Crippen LogP contribution in [0.5, 0.6) is 5.75 Å². The summed E-state index contributed by atoms with van der Waals surface area (Å²) in [5.74, 6) is 0.515. The second-order valence-corrected chi connectivity index (χ2v) is 7.99. The van der Waals surface area contributed by atoms with Crippen LogP contribution in [0.3, 0.4) is 0 Å². The molecule has 0 aliphatic carbocycles. The molecule has 1 heterocycles. The summed E-state index contributed by atoms with van der Waals surface area (Å²) >= 11 is 0. The Kier molecular flexibility index (Phi) is 9.07. The molecular weight excluding hydrogens is 406 g/mol. The monoisotopic (exact) mass is 439 g/mol. The van der Waals surface area contributed by atoms with Gasteiger partial charge in [-0.1, -0.05) is 25.1 Å². The van der Waals surface area contributed by atoms with E-state index < -0.39 is 0 Å². The third-order valence-electron chi connectivity index (χ3n) is 5.61. The summed E-state index contributed by atoms with van der Waals surface area (Å²) < 4.78 is 11.4. The average Bonchev–Trinajstić information content (AvgIpc) is 2.83. The quantitative estimate of drug-likeness (QED) is 0.593. The first kappa shape index (κ1) is 23.8. The third-order valence-corrected chi connectivity index (χ3v) is 5.61. The molecule has 32 heavy (non-hydrogen) atoms. The molecule has 2 aromatic carbocycles. The summed E-state index contributed by atoms with van der Waals surface area (Å²) in [6.07, 6.45) is 2.53. The number of benzene rings is 2. The normalized spacial score (nSPS) is 14.2. The number of hydrogen-bond acceptors (Lipinski definition) is 5. The molecule has 2 amide bonds. The zero-order valence-corrected chi connectivity index (χ0v) is 18.9. The number of nitrogens with one attached hydrogen (secondary N) is 2. The van der Waals surface area contributed by atoms with Crippen LogP contribution in [0, 0.1) is 0 Å². The molecule has 7 nitrogen and oxygen atoms in total. The Balaban J connectivity index is 1.46. The molecule has 2 aromatic rings. The Hall–Kier alpha value is -2.90. The van der Waals surface area contributed by atoms with Crippen LogP contribution in [0.15, 0.2) is 48.5 Å². The Labute approximate surface area is 190 Å². The number of carbonyl (C=O) groups excluding carboxylic acids is 2. The van der Waals surface area contributed by atoms with Crippen LogP contribution in [0.2, 0.25) is 0 Å². The number of anilines is 1. The third kappa shape index (κ3) is 7.35. The van der Waals surface area contributed by atoms with Gasteiger partial charge in [0, 0.05) is 50.0 Å². The molecule has 1 aliphatic heterocycles. The summed E-state index contributed by atoms with van der Waals surface area (Å²) in [4.78, 5) is 26.4. The van der Waals surface area contributed by atoms with Gasteiger partial charge in [0.15, 0.2) is 0 Å². The molecule has 0 saturated carbocycles. The average molecular weight is 440 g/mol. The minimum atomic E-state index is -0.193. The zero-order valence-electron chi connectivity index (χ0n) is 18.9.